The number of halogens is 3. The van der Waals surface area contributed by atoms with Gasteiger partial charge in [-0.3, -0.25) is 9.36 Å². The summed E-state index contributed by atoms with van der Waals surface area (Å²) in [6, 6.07) is 8.48. The van der Waals surface area contributed by atoms with Gasteiger partial charge >= 0.3 is 6.18 Å². The Morgan fingerprint density at radius 1 is 1.08 bits per heavy atom. The van der Waals surface area contributed by atoms with E-state index in [9.17, 15) is 21.6 Å². The van der Waals surface area contributed by atoms with Crippen LogP contribution in [0.25, 0.3) is 22.2 Å². The lowest BCUT2D eigenvalue weighted by atomic mass is 9.93. The number of hydrogen-bond donors (Lipinski definition) is 1. The Labute approximate surface area is 217 Å². The normalized spacial score (nSPS) is 18.6. The summed E-state index contributed by atoms with van der Waals surface area (Å²) >= 11 is 0. The van der Waals surface area contributed by atoms with Gasteiger partial charge in [-0.25, -0.2) is 13.4 Å². The number of aromatic nitrogens is 5. The molecule has 1 aliphatic rings. The predicted octanol–water partition coefficient (Wildman–Crippen LogP) is 4.86. The molecule has 38 heavy (non-hydrogen) atoms. The van der Waals surface area contributed by atoms with Crippen LogP contribution in [0.5, 0.6) is 5.75 Å². The third-order valence-corrected chi connectivity index (χ3v) is 7.99. The number of benzene rings is 1. The van der Waals surface area contributed by atoms with E-state index in [0.717, 1.165) is 33.6 Å². The van der Waals surface area contributed by atoms with Crippen molar-refractivity contribution in [3.05, 3.63) is 48.4 Å². The summed E-state index contributed by atoms with van der Waals surface area (Å²) in [5, 5.41) is 12.5. The molecule has 1 aromatic carbocycles. The van der Waals surface area contributed by atoms with Crippen LogP contribution in [0.15, 0.2) is 47.6 Å². The average Bonchev–Trinajstić information content (AvgIpc) is 3.44. The fraction of sp³-hybridized carbons (Fsp3) is 0.400. The maximum Gasteiger partial charge on any atom is 0.436 e. The first kappa shape index (κ1) is 26.0. The molecule has 0 spiro atoms. The van der Waals surface area contributed by atoms with Crippen molar-refractivity contribution in [1.82, 2.24) is 24.5 Å². The molecule has 1 aliphatic carbocycles. The predicted molar refractivity (Wildman–Crippen MR) is 136 cm³/mol. The number of ether oxygens (including phenoxy) is 1. The minimum absolute atomic E-state index is 0.00415. The van der Waals surface area contributed by atoms with Crippen LogP contribution in [0.1, 0.15) is 37.4 Å². The molecule has 3 aromatic heterocycles. The van der Waals surface area contributed by atoms with E-state index >= 15 is 0 Å². The summed E-state index contributed by atoms with van der Waals surface area (Å²) in [6.45, 7) is 0. The Bertz CT molecular complexity index is 1570. The van der Waals surface area contributed by atoms with Crippen LogP contribution in [0.4, 0.5) is 19.0 Å². The molecule has 3 heterocycles. The minimum Gasteiger partial charge on any atom is -0.486 e. The lowest BCUT2D eigenvalue weighted by Crippen LogP contribution is -2.27. The van der Waals surface area contributed by atoms with Gasteiger partial charge in [0.05, 0.1) is 28.8 Å². The summed E-state index contributed by atoms with van der Waals surface area (Å²) in [7, 11) is -0.309. The lowest BCUT2D eigenvalue weighted by Gasteiger charge is -2.29. The van der Waals surface area contributed by atoms with Crippen LogP contribution in [0.2, 0.25) is 0 Å². The first-order chi connectivity index (χ1) is 18.0. The van der Waals surface area contributed by atoms with Gasteiger partial charge in [-0.1, -0.05) is 12.1 Å². The number of fused-ring (bicyclic) bond motifs is 1. The molecule has 1 fully saturated rings. The Hall–Kier alpha value is -3.61. The molecule has 0 atom stereocenters. The highest BCUT2D eigenvalue weighted by atomic mass is 32.2. The van der Waals surface area contributed by atoms with Gasteiger partial charge in [-0.15, -0.1) is 0 Å². The molecular formula is C25H27F3N6O3S. The molecular weight excluding hydrogens is 521 g/mol. The summed E-state index contributed by atoms with van der Waals surface area (Å²) < 4.78 is 72.5. The molecule has 0 saturated heterocycles. The van der Waals surface area contributed by atoms with Gasteiger partial charge < -0.3 is 10.1 Å². The number of anilines is 1. The van der Waals surface area contributed by atoms with E-state index in [1.54, 1.807) is 37.5 Å². The van der Waals surface area contributed by atoms with Crippen molar-refractivity contribution in [2.75, 3.05) is 18.6 Å². The highest BCUT2D eigenvalue weighted by Gasteiger charge is 2.39. The van der Waals surface area contributed by atoms with Gasteiger partial charge in [-0.05, 0) is 37.8 Å². The Morgan fingerprint density at radius 2 is 1.76 bits per heavy atom. The van der Waals surface area contributed by atoms with Crippen LogP contribution in [0.3, 0.4) is 0 Å². The average molecular weight is 549 g/mol. The van der Waals surface area contributed by atoms with E-state index in [-0.39, 0.29) is 22.8 Å². The van der Waals surface area contributed by atoms with Crippen molar-refractivity contribution in [2.24, 2.45) is 7.05 Å². The highest BCUT2D eigenvalue weighted by Crippen LogP contribution is 2.39. The zero-order valence-electron chi connectivity index (χ0n) is 21.0. The van der Waals surface area contributed by atoms with Crippen LogP contribution in [-0.2, 0) is 23.1 Å². The molecule has 0 radical (unpaired) electrons. The second-order valence-corrected chi connectivity index (χ2v) is 11.5. The Morgan fingerprint density at radius 3 is 2.37 bits per heavy atom. The molecule has 0 aliphatic heterocycles. The second kappa shape index (κ2) is 9.61. The SMILES string of the molecule is CNc1cc2c(cn1)c(-c1ccc(S(C)(=O)=O)cc1)nn2C1CCC(Oc2cnn(C)c2C(F)(F)F)CC1. The molecule has 0 bridgehead atoms. The molecule has 9 nitrogen and oxygen atoms in total. The third kappa shape index (κ3) is 4.94. The number of alkyl halides is 3. The molecule has 1 N–H and O–H groups in total. The largest absolute Gasteiger partial charge is 0.486 e. The van der Waals surface area contributed by atoms with E-state index in [0.29, 0.717) is 37.2 Å². The fourth-order valence-electron chi connectivity index (χ4n) is 4.93. The Kier molecular flexibility index (Phi) is 6.58. The summed E-state index contributed by atoms with van der Waals surface area (Å²) in [5.41, 5.74) is 1.41. The summed E-state index contributed by atoms with van der Waals surface area (Å²) in [5.74, 6) is 0.420. The van der Waals surface area contributed by atoms with Gasteiger partial charge in [0, 0.05) is 43.6 Å². The van der Waals surface area contributed by atoms with Gasteiger partial charge in [0.15, 0.2) is 21.3 Å². The zero-order valence-corrected chi connectivity index (χ0v) is 21.8. The Balaban J connectivity index is 1.41. The van der Waals surface area contributed by atoms with Crippen molar-refractivity contribution in [1.29, 1.82) is 0 Å². The number of rotatable bonds is 6. The first-order valence-electron chi connectivity index (χ1n) is 12.1. The van der Waals surface area contributed by atoms with E-state index in [4.69, 9.17) is 9.84 Å². The van der Waals surface area contributed by atoms with E-state index < -0.39 is 21.7 Å². The van der Waals surface area contributed by atoms with Gasteiger partial charge in [0.2, 0.25) is 0 Å². The van der Waals surface area contributed by atoms with Crippen LogP contribution in [0, 0.1) is 0 Å². The van der Waals surface area contributed by atoms with Crippen LogP contribution >= 0.6 is 0 Å². The topological polar surface area (TPSA) is 104 Å². The molecule has 4 aromatic rings. The van der Waals surface area contributed by atoms with Crippen molar-refractivity contribution in [3.8, 4) is 17.0 Å². The molecule has 1 saturated carbocycles. The second-order valence-electron chi connectivity index (χ2n) is 9.45. The third-order valence-electron chi connectivity index (χ3n) is 6.86. The molecule has 5 rings (SSSR count). The van der Waals surface area contributed by atoms with E-state index in [1.807, 2.05) is 10.7 Å². The highest BCUT2D eigenvalue weighted by molar-refractivity contribution is 7.90. The lowest BCUT2D eigenvalue weighted by molar-refractivity contribution is -0.145. The number of hydrogen-bond acceptors (Lipinski definition) is 7. The van der Waals surface area contributed by atoms with Gasteiger partial charge in [0.1, 0.15) is 11.5 Å². The van der Waals surface area contributed by atoms with Crippen molar-refractivity contribution in [2.45, 2.75) is 48.9 Å². The van der Waals surface area contributed by atoms with Gasteiger partial charge in [-0.2, -0.15) is 23.4 Å². The maximum atomic E-state index is 13.4. The monoisotopic (exact) mass is 548 g/mol. The minimum atomic E-state index is -4.55. The van der Waals surface area contributed by atoms with Crippen molar-refractivity contribution < 1.29 is 26.3 Å². The number of nitrogens with one attached hydrogen (secondary N) is 1. The number of pyridine rings is 1. The zero-order chi connectivity index (χ0) is 27.2. The molecule has 202 valence electrons. The number of nitrogens with zero attached hydrogens (tertiary/aromatic N) is 5. The summed E-state index contributed by atoms with van der Waals surface area (Å²) in [6.07, 6.45) is 1.52. The smallest absolute Gasteiger partial charge is 0.436 e. The maximum absolute atomic E-state index is 13.4. The quantitative estimate of drug-likeness (QED) is 0.367. The van der Waals surface area contributed by atoms with E-state index in [2.05, 4.69) is 15.4 Å². The number of aryl methyl sites for hydroxylation is 1. The van der Waals surface area contributed by atoms with E-state index in [1.165, 1.54) is 7.05 Å². The van der Waals surface area contributed by atoms with Crippen molar-refractivity contribution in [3.63, 3.8) is 0 Å². The fourth-order valence-corrected chi connectivity index (χ4v) is 5.56. The standard InChI is InChI=1S/C25H27F3N6O3S/c1-29-22-12-20-19(13-30-22)23(15-4-10-18(11-5-15)38(3,35)36)32-34(20)16-6-8-17(9-7-16)37-21-14-31-33(2)24(21)25(26,27)28/h4-5,10-14,16-17H,6-9H2,1-3H3,(H,29,30). The summed E-state index contributed by atoms with van der Waals surface area (Å²) in [4.78, 5) is 4.66. The van der Waals surface area contributed by atoms with Crippen LogP contribution < -0.4 is 10.1 Å². The molecule has 0 amide bonds. The van der Waals surface area contributed by atoms with Gasteiger partial charge in [0.25, 0.3) is 0 Å². The van der Waals surface area contributed by atoms with Crippen molar-refractivity contribution >= 4 is 26.6 Å². The van der Waals surface area contributed by atoms with Crippen LogP contribution in [-0.4, -0.2) is 52.4 Å². The molecule has 0 unspecified atom stereocenters. The first-order valence-corrected chi connectivity index (χ1v) is 14.0. The molecule has 13 heteroatoms. The number of sulfone groups is 1.